The third-order valence-corrected chi connectivity index (χ3v) is 4.33. The maximum Gasteiger partial charge on any atom is 0.228 e. The van der Waals surface area contributed by atoms with E-state index in [1.165, 1.54) is 11.3 Å². The van der Waals surface area contributed by atoms with Crippen molar-refractivity contribution >= 4 is 17.2 Å². The molecular formula is C15H17N3O3S. The molecule has 3 heterocycles. The second-order valence-corrected chi connectivity index (χ2v) is 5.77. The van der Waals surface area contributed by atoms with Gasteiger partial charge in [0.15, 0.2) is 6.29 Å². The minimum atomic E-state index is -0.336. The lowest BCUT2D eigenvalue weighted by molar-refractivity contribution is -0.174. The van der Waals surface area contributed by atoms with Gasteiger partial charge in [0.1, 0.15) is 5.01 Å². The smallest absolute Gasteiger partial charge is 0.228 e. The average Bonchev–Trinajstić information content (AvgIpc) is 3.04. The van der Waals surface area contributed by atoms with E-state index in [0.29, 0.717) is 26.1 Å². The molecule has 0 bridgehead atoms. The van der Waals surface area contributed by atoms with Gasteiger partial charge >= 0.3 is 0 Å². The molecule has 1 fully saturated rings. The Bertz CT molecular complexity index is 632. The molecule has 0 aromatic carbocycles. The van der Waals surface area contributed by atoms with Crippen molar-refractivity contribution in [1.82, 2.24) is 14.9 Å². The van der Waals surface area contributed by atoms with Crippen molar-refractivity contribution in [2.45, 2.75) is 12.7 Å². The van der Waals surface area contributed by atoms with E-state index in [2.05, 4.69) is 9.97 Å². The van der Waals surface area contributed by atoms with Crippen LogP contribution < -0.4 is 0 Å². The van der Waals surface area contributed by atoms with Crippen LogP contribution in [-0.4, -0.2) is 53.9 Å². The molecule has 6 nitrogen and oxygen atoms in total. The predicted octanol–water partition coefficient (Wildman–Crippen LogP) is 1.58. The molecular weight excluding hydrogens is 302 g/mol. The number of hydrogen-bond acceptors (Lipinski definition) is 6. The van der Waals surface area contributed by atoms with Gasteiger partial charge < -0.3 is 14.4 Å². The summed E-state index contributed by atoms with van der Waals surface area (Å²) in [6.07, 6.45) is 1.69. The molecule has 0 spiro atoms. The third-order valence-electron chi connectivity index (χ3n) is 3.42. The quantitative estimate of drug-likeness (QED) is 0.856. The summed E-state index contributed by atoms with van der Waals surface area (Å²) < 4.78 is 10.5. The van der Waals surface area contributed by atoms with Crippen molar-refractivity contribution in [3.05, 3.63) is 35.5 Å². The number of aromatic nitrogens is 2. The van der Waals surface area contributed by atoms with Crippen molar-refractivity contribution in [2.75, 3.05) is 26.8 Å². The molecule has 2 aromatic rings. The Hall–Kier alpha value is -1.83. The predicted molar refractivity (Wildman–Crippen MR) is 82.4 cm³/mol. The number of carbonyl (C=O) groups excluding carboxylic acids is 1. The second-order valence-electron chi connectivity index (χ2n) is 4.91. The van der Waals surface area contributed by atoms with E-state index >= 15 is 0 Å². The van der Waals surface area contributed by atoms with Crippen molar-refractivity contribution in [3.63, 3.8) is 0 Å². The Morgan fingerprint density at radius 2 is 2.45 bits per heavy atom. The lowest BCUT2D eigenvalue weighted by Crippen LogP contribution is -2.46. The molecule has 116 valence electrons. The number of amides is 1. The zero-order valence-corrected chi connectivity index (χ0v) is 13.1. The van der Waals surface area contributed by atoms with Crippen molar-refractivity contribution in [3.8, 4) is 10.7 Å². The van der Waals surface area contributed by atoms with Crippen molar-refractivity contribution in [2.24, 2.45) is 0 Å². The van der Waals surface area contributed by atoms with Crippen LogP contribution in [0.5, 0.6) is 0 Å². The van der Waals surface area contributed by atoms with Gasteiger partial charge in [0, 0.05) is 25.2 Å². The van der Waals surface area contributed by atoms with E-state index in [1.54, 1.807) is 18.2 Å². The highest BCUT2D eigenvalue weighted by Crippen LogP contribution is 2.22. The minimum Gasteiger partial charge on any atom is -0.354 e. The molecule has 1 aliphatic heterocycles. The number of carbonyl (C=O) groups is 1. The number of morpholine rings is 1. The van der Waals surface area contributed by atoms with E-state index in [4.69, 9.17) is 9.47 Å². The van der Waals surface area contributed by atoms with Gasteiger partial charge in [-0.05, 0) is 12.1 Å². The summed E-state index contributed by atoms with van der Waals surface area (Å²) in [6.45, 7) is 1.56. The number of nitrogens with zero attached hydrogens (tertiary/aromatic N) is 3. The Labute approximate surface area is 132 Å². The maximum atomic E-state index is 12.3. The first kappa shape index (κ1) is 15.1. The fourth-order valence-corrected chi connectivity index (χ4v) is 3.04. The van der Waals surface area contributed by atoms with E-state index in [9.17, 15) is 4.79 Å². The molecule has 0 aliphatic carbocycles. The Morgan fingerprint density at radius 1 is 1.55 bits per heavy atom. The number of rotatable bonds is 4. The molecule has 0 saturated carbocycles. The monoisotopic (exact) mass is 319 g/mol. The van der Waals surface area contributed by atoms with Gasteiger partial charge in [-0.3, -0.25) is 9.78 Å². The molecule has 1 atom stereocenters. The fourth-order valence-electron chi connectivity index (χ4n) is 2.25. The van der Waals surface area contributed by atoms with Gasteiger partial charge in [-0.15, -0.1) is 11.3 Å². The van der Waals surface area contributed by atoms with Crippen LogP contribution in [0.3, 0.4) is 0 Å². The van der Waals surface area contributed by atoms with E-state index in [0.717, 1.165) is 16.4 Å². The number of ether oxygens (including phenoxy) is 2. The first-order valence-electron chi connectivity index (χ1n) is 7.04. The van der Waals surface area contributed by atoms with E-state index in [-0.39, 0.29) is 12.2 Å². The fraction of sp³-hybridized carbons (Fsp3) is 0.400. The minimum absolute atomic E-state index is 0.0446. The van der Waals surface area contributed by atoms with Crippen LogP contribution in [0.25, 0.3) is 10.7 Å². The standard InChI is InChI=1S/C15H17N3O3S/c1-20-14-9-18(6-7-21-14)13(19)8-11-10-22-15(17-11)12-4-2-3-5-16-12/h2-5,10,14H,6-9H2,1H3/t14-/m0/s1. The van der Waals surface area contributed by atoms with Gasteiger partial charge in [-0.25, -0.2) is 4.98 Å². The van der Waals surface area contributed by atoms with Crippen LogP contribution in [-0.2, 0) is 20.7 Å². The molecule has 7 heteroatoms. The van der Waals surface area contributed by atoms with Crippen molar-refractivity contribution in [1.29, 1.82) is 0 Å². The van der Waals surface area contributed by atoms with Crippen LogP contribution in [0.4, 0.5) is 0 Å². The van der Waals surface area contributed by atoms with Crippen LogP contribution in [0, 0.1) is 0 Å². The topological polar surface area (TPSA) is 64.5 Å². The number of hydrogen-bond donors (Lipinski definition) is 0. The molecule has 1 aliphatic rings. The summed E-state index contributed by atoms with van der Waals surface area (Å²) in [5.41, 5.74) is 1.60. The largest absolute Gasteiger partial charge is 0.354 e. The summed E-state index contributed by atoms with van der Waals surface area (Å²) in [5, 5.41) is 2.75. The van der Waals surface area contributed by atoms with Crippen LogP contribution in [0.2, 0.25) is 0 Å². The lowest BCUT2D eigenvalue weighted by Gasteiger charge is -2.31. The van der Waals surface area contributed by atoms with Gasteiger partial charge in [-0.1, -0.05) is 6.07 Å². The maximum absolute atomic E-state index is 12.3. The molecule has 2 aromatic heterocycles. The van der Waals surface area contributed by atoms with Gasteiger partial charge in [-0.2, -0.15) is 0 Å². The van der Waals surface area contributed by atoms with Gasteiger partial charge in [0.25, 0.3) is 0 Å². The normalized spacial score (nSPS) is 18.4. The first-order valence-corrected chi connectivity index (χ1v) is 7.92. The van der Waals surface area contributed by atoms with Crippen LogP contribution in [0.1, 0.15) is 5.69 Å². The van der Waals surface area contributed by atoms with Crippen LogP contribution in [0.15, 0.2) is 29.8 Å². The average molecular weight is 319 g/mol. The highest BCUT2D eigenvalue weighted by atomic mass is 32.1. The summed E-state index contributed by atoms with van der Waals surface area (Å²) in [4.78, 5) is 22.9. The lowest BCUT2D eigenvalue weighted by atomic mass is 10.2. The zero-order valence-electron chi connectivity index (χ0n) is 12.3. The molecule has 0 N–H and O–H groups in total. The molecule has 3 rings (SSSR count). The van der Waals surface area contributed by atoms with Gasteiger partial charge in [0.2, 0.25) is 5.91 Å². The summed E-state index contributed by atoms with van der Waals surface area (Å²) in [5.74, 6) is 0.0446. The molecule has 0 unspecified atom stereocenters. The summed E-state index contributed by atoms with van der Waals surface area (Å²) in [6, 6.07) is 5.70. The van der Waals surface area contributed by atoms with Gasteiger partial charge in [0.05, 0.1) is 31.0 Å². The van der Waals surface area contributed by atoms with E-state index in [1.807, 2.05) is 23.6 Å². The Morgan fingerprint density at radius 3 is 3.23 bits per heavy atom. The second kappa shape index (κ2) is 6.95. The summed E-state index contributed by atoms with van der Waals surface area (Å²) in [7, 11) is 1.58. The number of pyridine rings is 1. The number of methoxy groups -OCH3 is 1. The molecule has 1 saturated heterocycles. The summed E-state index contributed by atoms with van der Waals surface area (Å²) >= 11 is 1.50. The highest BCUT2D eigenvalue weighted by molar-refractivity contribution is 7.13. The third kappa shape index (κ3) is 3.49. The zero-order chi connectivity index (χ0) is 15.4. The van der Waals surface area contributed by atoms with Crippen molar-refractivity contribution < 1.29 is 14.3 Å². The van der Waals surface area contributed by atoms with Crippen LogP contribution >= 0.6 is 11.3 Å². The first-order chi connectivity index (χ1) is 10.8. The van der Waals surface area contributed by atoms with E-state index < -0.39 is 0 Å². The number of thiazole rings is 1. The molecule has 22 heavy (non-hydrogen) atoms. The molecule has 0 radical (unpaired) electrons. The highest BCUT2D eigenvalue weighted by Gasteiger charge is 2.24. The molecule has 1 amide bonds. The Balaban J connectivity index is 1.64. The Kier molecular flexibility index (Phi) is 4.77. The SMILES string of the molecule is CO[C@@H]1CN(C(=O)Cc2csc(-c3ccccn3)n2)CCO1.